The summed E-state index contributed by atoms with van der Waals surface area (Å²) in [6, 6.07) is 7.87. The second kappa shape index (κ2) is 10.5. The van der Waals surface area contributed by atoms with Crippen molar-refractivity contribution in [3.05, 3.63) is 29.8 Å². The lowest BCUT2D eigenvalue weighted by Gasteiger charge is -2.34. The zero-order valence-electron chi connectivity index (χ0n) is 17.4. The normalized spacial score (nSPS) is 15.2. The molecule has 0 aliphatic carbocycles. The highest BCUT2D eigenvalue weighted by Gasteiger charge is 2.23. The topological polar surface area (TPSA) is 43.9 Å². The summed E-state index contributed by atoms with van der Waals surface area (Å²) in [5, 5.41) is 0. The second-order valence-electron chi connectivity index (χ2n) is 7.61. The van der Waals surface area contributed by atoms with Crippen molar-refractivity contribution in [3.63, 3.8) is 0 Å². The quantitative estimate of drug-likeness (QED) is 0.623. The van der Waals surface area contributed by atoms with Crippen LogP contribution >= 0.6 is 0 Å². The molecule has 0 saturated carbocycles. The standard InChI is InChI=1S/C22H35N3O2/c1-5-23(4)15-16-24(6-2)22(27)17-19-11-13-25(14-12-19)21-9-7-20(8-10-21)18(3)26/h7-10,19H,5-6,11-17H2,1-4H3. The van der Waals surface area contributed by atoms with E-state index in [0.29, 0.717) is 18.2 Å². The molecule has 2 rings (SSSR count). The molecule has 5 heteroatoms. The predicted octanol–water partition coefficient (Wildman–Crippen LogP) is 3.30. The van der Waals surface area contributed by atoms with Crippen molar-refractivity contribution >= 4 is 17.4 Å². The lowest BCUT2D eigenvalue weighted by molar-refractivity contribution is -0.132. The minimum atomic E-state index is 0.101. The Bertz CT molecular complexity index is 606. The maximum absolute atomic E-state index is 12.7. The van der Waals surface area contributed by atoms with Gasteiger partial charge < -0.3 is 14.7 Å². The van der Waals surface area contributed by atoms with Crippen LogP contribution in [0, 0.1) is 5.92 Å². The molecule has 0 bridgehead atoms. The third-order valence-corrected chi connectivity index (χ3v) is 5.74. The van der Waals surface area contributed by atoms with Gasteiger partial charge in [-0.05, 0) is 70.5 Å². The summed E-state index contributed by atoms with van der Waals surface area (Å²) in [6.45, 7) is 11.3. The maximum Gasteiger partial charge on any atom is 0.222 e. The monoisotopic (exact) mass is 373 g/mol. The van der Waals surface area contributed by atoms with Crippen molar-refractivity contribution < 1.29 is 9.59 Å². The van der Waals surface area contributed by atoms with Gasteiger partial charge in [-0.3, -0.25) is 9.59 Å². The Labute approximate surface area is 164 Å². The van der Waals surface area contributed by atoms with E-state index in [2.05, 4.69) is 30.7 Å². The van der Waals surface area contributed by atoms with Gasteiger partial charge in [0, 0.05) is 50.4 Å². The van der Waals surface area contributed by atoms with E-state index in [1.807, 2.05) is 29.2 Å². The first-order valence-electron chi connectivity index (χ1n) is 10.3. The molecule has 1 aromatic rings. The Kier molecular flexibility index (Phi) is 8.29. The molecule has 0 N–H and O–H groups in total. The van der Waals surface area contributed by atoms with E-state index in [-0.39, 0.29) is 5.78 Å². The van der Waals surface area contributed by atoms with Crippen LogP contribution < -0.4 is 4.90 Å². The van der Waals surface area contributed by atoms with Crippen molar-refractivity contribution in [3.8, 4) is 0 Å². The van der Waals surface area contributed by atoms with Crippen molar-refractivity contribution in [2.24, 2.45) is 5.92 Å². The first-order valence-corrected chi connectivity index (χ1v) is 10.3. The molecular formula is C22H35N3O2. The number of carbonyl (C=O) groups excluding carboxylic acids is 2. The SMILES string of the molecule is CCN(C)CCN(CC)C(=O)CC1CCN(c2ccc(C(C)=O)cc2)CC1. The zero-order valence-corrected chi connectivity index (χ0v) is 17.4. The first-order chi connectivity index (χ1) is 12.9. The third kappa shape index (κ3) is 6.35. The van der Waals surface area contributed by atoms with Crippen molar-refractivity contribution in [1.29, 1.82) is 0 Å². The molecule has 5 nitrogen and oxygen atoms in total. The van der Waals surface area contributed by atoms with Crippen LogP contribution in [0.2, 0.25) is 0 Å². The third-order valence-electron chi connectivity index (χ3n) is 5.74. The molecule has 1 heterocycles. The van der Waals surface area contributed by atoms with E-state index < -0.39 is 0 Å². The molecule has 1 saturated heterocycles. The molecule has 0 atom stereocenters. The van der Waals surface area contributed by atoms with Crippen molar-refractivity contribution in [1.82, 2.24) is 9.80 Å². The van der Waals surface area contributed by atoms with Gasteiger partial charge in [0.1, 0.15) is 0 Å². The van der Waals surface area contributed by atoms with Crippen LogP contribution in [0.3, 0.4) is 0 Å². The molecule has 150 valence electrons. The van der Waals surface area contributed by atoms with Crippen molar-refractivity contribution in [2.75, 3.05) is 51.2 Å². The molecule has 27 heavy (non-hydrogen) atoms. The molecular weight excluding hydrogens is 338 g/mol. The predicted molar refractivity (Wildman–Crippen MR) is 111 cm³/mol. The highest BCUT2D eigenvalue weighted by atomic mass is 16.2. The van der Waals surface area contributed by atoms with Crippen molar-refractivity contribution in [2.45, 2.75) is 40.0 Å². The largest absolute Gasteiger partial charge is 0.372 e. The molecule has 1 aliphatic rings. The molecule has 0 unspecified atom stereocenters. The molecule has 1 fully saturated rings. The average molecular weight is 374 g/mol. The lowest BCUT2D eigenvalue weighted by Crippen LogP contribution is -2.40. The second-order valence-corrected chi connectivity index (χ2v) is 7.61. The van der Waals surface area contributed by atoms with Gasteiger partial charge in [0.15, 0.2) is 5.78 Å². The summed E-state index contributed by atoms with van der Waals surface area (Å²) in [4.78, 5) is 30.7. The zero-order chi connectivity index (χ0) is 19.8. The molecule has 0 spiro atoms. The van der Waals surface area contributed by atoms with Gasteiger partial charge in [-0.15, -0.1) is 0 Å². The van der Waals surface area contributed by atoms with Gasteiger partial charge in [0.25, 0.3) is 0 Å². The van der Waals surface area contributed by atoms with Crippen LogP contribution in [-0.2, 0) is 4.79 Å². The number of hydrogen-bond acceptors (Lipinski definition) is 4. The Morgan fingerprint density at radius 3 is 2.19 bits per heavy atom. The summed E-state index contributed by atoms with van der Waals surface area (Å²) >= 11 is 0. The average Bonchev–Trinajstić information content (AvgIpc) is 2.68. The number of carbonyl (C=O) groups is 2. The van der Waals surface area contributed by atoms with E-state index in [0.717, 1.165) is 57.7 Å². The summed E-state index contributed by atoms with van der Waals surface area (Å²) in [5.41, 5.74) is 1.93. The fourth-order valence-corrected chi connectivity index (χ4v) is 3.59. The number of hydrogen-bond donors (Lipinski definition) is 0. The van der Waals surface area contributed by atoms with Gasteiger partial charge in [-0.25, -0.2) is 0 Å². The minimum Gasteiger partial charge on any atom is -0.372 e. The van der Waals surface area contributed by atoms with Crippen LogP contribution in [0.15, 0.2) is 24.3 Å². The minimum absolute atomic E-state index is 0.101. The number of ketones is 1. The van der Waals surface area contributed by atoms with Crippen LogP contribution in [0.5, 0.6) is 0 Å². The van der Waals surface area contributed by atoms with Crippen LogP contribution in [-0.4, -0.2) is 67.8 Å². The van der Waals surface area contributed by atoms with E-state index in [9.17, 15) is 9.59 Å². The Hall–Kier alpha value is -1.88. The molecule has 0 radical (unpaired) electrons. The fraction of sp³-hybridized carbons (Fsp3) is 0.636. The summed E-state index contributed by atoms with van der Waals surface area (Å²) in [6.07, 6.45) is 2.76. The smallest absolute Gasteiger partial charge is 0.222 e. The van der Waals surface area contributed by atoms with E-state index in [1.165, 1.54) is 5.69 Å². The van der Waals surface area contributed by atoms with Gasteiger partial charge in [0.05, 0.1) is 0 Å². The molecule has 1 aromatic carbocycles. The number of nitrogens with zero attached hydrogens (tertiary/aromatic N) is 3. The number of anilines is 1. The van der Waals surface area contributed by atoms with E-state index in [4.69, 9.17) is 0 Å². The van der Waals surface area contributed by atoms with Gasteiger partial charge in [-0.1, -0.05) is 6.92 Å². The molecule has 1 aliphatic heterocycles. The van der Waals surface area contributed by atoms with Crippen LogP contribution in [0.1, 0.15) is 50.4 Å². The number of amides is 1. The fourth-order valence-electron chi connectivity index (χ4n) is 3.59. The Morgan fingerprint density at radius 2 is 1.67 bits per heavy atom. The molecule has 0 aromatic heterocycles. The Morgan fingerprint density at radius 1 is 1.04 bits per heavy atom. The maximum atomic E-state index is 12.7. The first kappa shape index (κ1) is 21.4. The number of piperidine rings is 1. The number of likely N-dealkylation sites (N-methyl/N-ethyl adjacent to an activating group) is 2. The highest BCUT2D eigenvalue weighted by molar-refractivity contribution is 5.94. The van der Waals surface area contributed by atoms with Gasteiger partial charge in [-0.2, -0.15) is 0 Å². The van der Waals surface area contributed by atoms with Gasteiger partial charge >= 0.3 is 0 Å². The number of benzene rings is 1. The summed E-state index contributed by atoms with van der Waals surface area (Å²) in [5.74, 6) is 0.874. The Balaban J connectivity index is 1.80. The summed E-state index contributed by atoms with van der Waals surface area (Å²) < 4.78 is 0. The number of rotatable bonds is 9. The van der Waals surface area contributed by atoms with Gasteiger partial charge in [0.2, 0.25) is 5.91 Å². The lowest BCUT2D eigenvalue weighted by atomic mass is 9.92. The number of Topliss-reactive ketones (excluding diaryl/α,β-unsaturated/α-hetero) is 1. The highest BCUT2D eigenvalue weighted by Crippen LogP contribution is 2.26. The van der Waals surface area contributed by atoms with E-state index >= 15 is 0 Å². The summed E-state index contributed by atoms with van der Waals surface area (Å²) in [7, 11) is 2.09. The molecule has 1 amide bonds. The van der Waals surface area contributed by atoms with E-state index in [1.54, 1.807) is 6.92 Å². The van der Waals surface area contributed by atoms with Crippen LogP contribution in [0.4, 0.5) is 5.69 Å². The van der Waals surface area contributed by atoms with Crippen LogP contribution in [0.25, 0.3) is 0 Å².